The molecule has 0 spiro atoms. The van der Waals surface area contributed by atoms with E-state index in [1.807, 2.05) is 9.80 Å². The minimum atomic E-state index is -0.0877. The number of carbonyl (C=O) groups is 2. The minimum absolute atomic E-state index is 0.0877. The molecule has 5 rings (SSSR count). The number of hydrogen-bond donors (Lipinski definition) is 0. The van der Waals surface area contributed by atoms with Crippen LogP contribution in [0, 0.1) is 5.92 Å². The van der Waals surface area contributed by atoms with E-state index in [4.69, 9.17) is 9.47 Å². The number of rotatable bonds is 1. The highest BCUT2D eigenvalue weighted by Gasteiger charge is 2.40. The topological polar surface area (TPSA) is 59.1 Å². The van der Waals surface area contributed by atoms with Gasteiger partial charge >= 0.3 is 6.03 Å². The molecule has 2 amide bonds. The van der Waals surface area contributed by atoms with E-state index >= 15 is 0 Å². The van der Waals surface area contributed by atoms with E-state index in [2.05, 4.69) is 32.0 Å². The van der Waals surface area contributed by atoms with Gasteiger partial charge in [-0.05, 0) is 50.3 Å². The SMILES string of the molecule is CC1(C)CCc2cc(C3CN(C(=O)N4CC[C@@H]5OCC(=O)C[C@@H]5C4)C3)ccc2O1. The largest absolute Gasteiger partial charge is 0.488 e. The maximum atomic E-state index is 12.9. The molecule has 4 aliphatic rings. The van der Waals surface area contributed by atoms with Crippen LogP contribution >= 0.6 is 0 Å². The predicted octanol–water partition coefficient (Wildman–Crippen LogP) is 2.99. The van der Waals surface area contributed by atoms with Crippen molar-refractivity contribution in [2.45, 2.75) is 57.2 Å². The second kappa shape index (κ2) is 7.01. The number of fused-ring (bicyclic) bond motifs is 2. The zero-order valence-electron chi connectivity index (χ0n) is 17.4. The number of ether oxygens (including phenoxy) is 2. The third kappa shape index (κ3) is 3.63. The first-order valence-electron chi connectivity index (χ1n) is 10.9. The summed E-state index contributed by atoms with van der Waals surface area (Å²) in [5.41, 5.74) is 2.51. The zero-order valence-corrected chi connectivity index (χ0v) is 17.4. The summed E-state index contributed by atoms with van der Waals surface area (Å²) in [4.78, 5) is 28.5. The Balaban J connectivity index is 1.18. The normalized spacial score (nSPS) is 28.8. The molecule has 3 saturated heterocycles. The fourth-order valence-corrected chi connectivity index (χ4v) is 5.13. The van der Waals surface area contributed by atoms with Crippen molar-refractivity contribution in [2.75, 3.05) is 32.8 Å². The number of piperidine rings is 1. The Labute approximate surface area is 172 Å². The van der Waals surface area contributed by atoms with Crippen LogP contribution in [0.25, 0.3) is 0 Å². The van der Waals surface area contributed by atoms with Gasteiger partial charge in [-0.25, -0.2) is 4.79 Å². The van der Waals surface area contributed by atoms with Crippen LogP contribution in [0.2, 0.25) is 0 Å². The molecule has 0 aromatic heterocycles. The van der Waals surface area contributed by atoms with E-state index < -0.39 is 0 Å². The number of benzene rings is 1. The number of nitrogens with zero attached hydrogens (tertiary/aromatic N) is 2. The lowest BCUT2D eigenvalue weighted by atomic mass is 9.86. The van der Waals surface area contributed by atoms with E-state index in [0.717, 1.165) is 44.6 Å². The highest BCUT2D eigenvalue weighted by atomic mass is 16.5. The van der Waals surface area contributed by atoms with Gasteiger partial charge in [-0.15, -0.1) is 0 Å². The summed E-state index contributed by atoms with van der Waals surface area (Å²) in [6.45, 7) is 7.42. The summed E-state index contributed by atoms with van der Waals surface area (Å²) < 4.78 is 11.7. The van der Waals surface area contributed by atoms with Crippen molar-refractivity contribution in [3.63, 3.8) is 0 Å². The Morgan fingerprint density at radius 1 is 1.17 bits per heavy atom. The fourth-order valence-electron chi connectivity index (χ4n) is 5.13. The average molecular weight is 399 g/mol. The lowest BCUT2D eigenvalue weighted by Gasteiger charge is -2.46. The summed E-state index contributed by atoms with van der Waals surface area (Å²) in [5, 5.41) is 0. The number of Topliss-reactive ketones (excluding diaryl/α,β-unsaturated/α-hetero) is 1. The van der Waals surface area contributed by atoms with Crippen LogP contribution in [0.4, 0.5) is 4.79 Å². The second-order valence-corrected chi connectivity index (χ2v) is 9.70. The van der Waals surface area contributed by atoms with Gasteiger partial charge in [0.2, 0.25) is 0 Å². The van der Waals surface area contributed by atoms with E-state index in [9.17, 15) is 9.59 Å². The van der Waals surface area contributed by atoms with Gasteiger partial charge in [-0.1, -0.05) is 12.1 Å². The molecule has 0 aliphatic carbocycles. The third-order valence-electron chi connectivity index (χ3n) is 6.97. The van der Waals surface area contributed by atoms with E-state index in [0.29, 0.717) is 18.9 Å². The average Bonchev–Trinajstić information content (AvgIpc) is 2.65. The number of carbonyl (C=O) groups excluding carboxylic acids is 2. The smallest absolute Gasteiger partial charge is 0.320 e. The zero-order chi connectivity index (χ0) is 20.2. The van der Waals surface area contributed by atoms with Gasteiger partial charge in [0, 0.05) is 44.4 Å². The number of aryl methyl sites for hydroxylation is 1. The summed E-state index contributed by atoms with van der Waals surface area (Å²) >= 11 is 0. The molecule has 0 radical (unpaired) electrons. The standard InChI is InChI=1S/C23H30N2O4/c1-23(2)7-5-16-9-15(3-4-21(16)29-23)18-12-25(13-18)22(27)24-8-6-20-17(11-24)10-19(26)14-28-20/h3-4,9,17-18,20H,5-8,10-14H2,1-2H3/t17-,20+/m1/s1. The van der Waals surface area contributed by atoms with Crippen molar-refractivity contribution in [3.05, 3.63) is 29.3 Å². The van der Waals surface area contributed by atoms with E-state index in [1.54, 1.807) is 0 Å². The van der Waals surface area contributed by atoms with Gasteiger partial charge in [-0.3, -0.25) is 4.79 Å². The minimum Gasteiger partial charge on any atom is -0.488 e. The van der Waals surface area contributed by atoms with Gasteiger partial charge < -0.3 is 19.3 Å². The molecule has 156 valence electrons. The van der Waals surface area contributed by atoms with Crippen molar-refractivity contribution in [3.8, 4) is 5.75 Å². The van der Waals surface area contributed by atoms with Gasteiger partial charge in [0.05, 0.1) is 6.10 Å². The molecule has 6 nitrogen and oxygen atoms in total. The summed E-state index contributed by atoms with van der Waals surface area (Å²) in [7, 11) is 0. The molecular weight excluding hydrogens is 368 g/mol. The Hall–Kier alpha value is -2.08. The maximum Gasteiger partial charge on any atom is 0.320 e. The van der Waals surface area contributed by atoms with E-state index in [-0.39, 0.29) is 36.0 Å². The lowest BCUT2D eigenvalue weighted by molar-refractivity contribution is -0.140. The van der Waals surface area contributed by atoms with Crippen LogP contribution in [0.3, 0.4) is 0 Å². The molecule has 4 heterocycles. The molecule has 29 heavy (non-hydrogen) atoms. The predicted molar refractivity (Wildman–Crippen MR) is 108 cm³/mol. The van der Waals surface area contributed by atoms with Crippen LogP contribution in [0.1, 0.15) is 50.2 Å². The van der Waals surface area contributed by atoms with Crippen LogP contribution in [-0.4, -0.2) is 66.1 Å². The number of ketones is 1. The quantitative estimate of drug-likeness (QED) is 0.730. The van der Waals surface area contributed by atoms with Crippen LogP contribution < -0.4 is 4.74 Å². The molecule has 6 heteroatoms. The maximum absolute atomic E-state index is 12.9. The molecule has 1 aromatic rings. The number of urea groups is 1. The monoisotopic (exact) mass is 398 g/mol. The second-order valence-electron chi connectivity index (χ2n) is 9.70. The fraction of sp³-hybridized carbons (Fsp3) is 0.652. The summed E-state index contributed by atoms with van der Waals surface area (Å²) in [5.74, 6) is 1.72. The van der Waals surface area contributed by atoms with Crippen molar-refractivity contribution >= 4 is 11.8 Å². The van der Waals surface area contributed by atoms with Crippen molar-refractivity contribution in [2.24, 2.45) is 5.92 Å². The lowest BCUT2D eigenvalue weighted by Crippen LogP contribution is -2.58. The number of amides is 2. The number of hydrogen-bond acceptors (Lipinski definition) is 4. The van der Waals surface area contributed by atoms with Gasteiger partial charge in [-0.2, -0.15) is 0 Å². The molecule has 2 atom stereocenters. The van der Waals surface area contributed by atoms with Gasteiger partial charge in [0.15, 0.2) is 5.78 Å². The number of likely N-dealkylation sites (tertiary alicyclic amines) is 2. The Morgan fingerprint density at radius 3 is 2.83 bits per heavy atom. The first-order valence-corrected chi connectivity index (χ1v) is 10.9. The molecule has 0 N–H and O–H groups in total. The Morgan fingerprint density at radius 2 is 2.00 bits per heavy atom. The summed E-state index contributed by atoms with van der Waals surface area (Å²) in [6.07, 6.45) is 3.60. The molecule has 1 aromatic carbocycles. The van der Waals surface area contributed by atoms with Crippen LogP contribution in [0.5, 0.6) is 5.75 Å². The highest BCUT2D eigenvalue weighted by Crippen LogP contribution is 2.37. The first-order chi connectivity index (χ1) is 13.9. The van der Waals surface area contributed by atoms with Crippen molar-refractivity contribution in [1.29, 1.82) is 0 Å². The molecule has 0 saturated carbocycles. The Kier molecular flexibility index (Phi) is 4.57. The molecule has 4 aliphatic heterocycles. The Bertz CT molecular complexity index is 830. The van der Waals surface area contributed by atoms with Gasteiger partial charge in [0.1, 0.15) is 18.0 Å². The molecule has 3 fully saturated rings. The van der Waals surface area contributed by atoms with Crippen molar-refractivity contribution in [1.82, 2.24) is 9.80 Å². The first kappa shape index (κ1) is 18.9. The molecule has 0 unspecified atom stereocenters. The van der Waals surface area contributed by atoms with Crippen LogP contribution in [0.15, 0.2) is 18.2 Å². The molecule has 0 bridgehead atoms. The van der Waals surface area contributed by atoms with Gasteiger partial charge in [0.25, 0.3) is 0 Å². The summed E-state index contributed by atoms with van der Waals surface area (Å²) in [6, 6.07) is 6.64. The molecular formula is C23H30N2O4. The third-order valence-corrected chi connectivity index (χ3v) is 6.97. The van der Waals surface area contributed by atoms with Crippen molar-refractivity contribution < 1.29 is 19.1 Å². The van der Waals surface area contributed by atoms with Crippen LogP contribution in [-0.2, 0) is 16.0 Å². The van der Waals surface area contributed by atoms with E-state index in [1.165, 1.54) is 11.1 Å². The highest BCUT2D eigenvalue weighted by molar-refractivity contribution is 5.81.